The van der Waals surface area contributed by atoms with Crippen molar-refractivity contribution in [2.45, 2.75) is 0 Å². The minimum Gasteiger partial charge on any atom is -0.386 e. The Morgan fingerprint density at radius 2 is 1.82 bits per heavy atom. The Labute approximate surface area is 102 Å². The first kappa shape index (κ1) is 12.9. The molecule has 0 fully saturated rings. The van der Waals surface area contributed by atoms with E-state index in [1.54, 1.807) is 6.07 Å². The zero-order valence-electron chi connectivity index (χ0n) is 8.60. The summed E-state index contributed by atoms with van der Waals surface area (Å²) in [7, 11) is 0. The molecule has 1 aliphatic rings. The van der Waals surface area contributed by atoms with Gasteiger partial charge >= 0.3 is 11.9 Å². The van der Waals surface area contributed by atoms with Gasteiger partial charge in [0.05, 0.1) is 11.1 Å². The van der Waals surface area contributed by atoms with E-state index < -0.39 is 17.8 Å². The van der Waals surface area contributed by atoms with Gasteiger partial charge in [0.2, 0.25) is 5.91 Å². The number of carbonyl (C=O) groups excluding carboxylic acids is 3. The Morgan fingerprint density at radius 1 is 1.29 bits per heavy atom. The third kappa shape index (κ3) is 3.15. The lowest BCUT2D eigenvalue weighted by Gasteiger charge is -1.90. The molecule has 1 aliphatic heterocycles. The maximum atomic E-state index is 10.9. The summed E-state index contributed by atoms with van der Waals surface area (Å²) in [5, 5.41) is 0.417. The van der Waals surface area contributed by atoms with Crippen molar-refractivity contribution in [3.05, 3.63) is 47.0 Å². The van der Waals surface area contributed by atoms with Crippen LogP contribution in [0.15, 0.2) is 30.9 Å². The van der Waals surface area contributed by atoms with Crippen LogP contribution in [0.3, 0.4) is 0 Å². The van der Waals surface area contributed by atoms with E-state index >= 15 is 0 Å². The van der Waals surface area contributed by atoms with Gasteiger partial charge in [-0.05, 0) is 24.3 Å². The van der Waals surface area contributed by atoms with Crippen molar-refractivity contribution in [3.8, 4) is 0 Å². The van der Waals surface area contributed by atoms with Gasteiger partial charge in [-0.1, -0.05) is 18.2 Å². The number of benzene rings is 1. The van der Waals surface area contributed by atoms with Crippen LogP contribution in [0.1, 0.15) is 20.7 Å². The molecule has 17 heavy (non-hydrogen) atoms. The number of amides is 1. The molecule has 5 nitrogen and oxygen atoms in total. The predicted molar refractivity (Wildman–Crippen MR) is 60.6 cm³/mol. The summed E-state index contributed by atoms with van der Waals surface area (Å²) < 4.78 is 4.35. The third-order valence-corrected chi connectivity index (χ3v) is 2.04. The minimum absolute atomic E-state index is 0.243. The Bertz CT molecular complexity index is 510. The lowest BCUT2D eigenvalue weighted by atomic mass is 10.1. The van der Waals surface area contributed by atoms with Crippen LogP contribution in [0.2, 0.25) is 5.02 Å². The van der Waals surface area contributed by atoms with Crippen LogP contribution in [0, 0.1) is 0 Å². The minimum atomic E-state index is -0.627. The second-order valence-corrected chi connectivity index (χ2v) is 3.41. The van der Waals surface area contributed by atoms with Gasteiger partial charge in [0.15, 0.2) is 0 Å². The quantitative estimate of drug-likeness (QED) is 0.464. The fraction of sp³-hybridized carbons (Fsp3) is 0. The van der Waals surface area contributed by atoms with Crippen molar-refractivity contribution >= 4 is 29.4 Å². The molecule has 0 aliphatic carbocycles. The Hall–Kier alpha value is -2.14. The SMILES string of the molecule is C=CC(N)=O.O=C1OC(=O)c2cc(Cl)ccc21. The first-order valence-electron chi connectivity index (χ1n) is 4.43. The first-order chi connectivity index (χ1) is 7.95. The van der Waals surface area contributed by atoms with Gasteiger partial charge in [-0.15, -0.1) is 0 Å². The number of primary amides is 1. The summed E-state index contributed by atoms with van der Waals surface area (Å²) in [5.74, 6) is -1.71. The number of nitrogens with two attached hydrogens (primary N) is 1. The summed E-state index contributed by atoms with van der Waals surface area (Å²) in [6.45, 7) is 3.09. The smallest absolute Gasteiger partial charge is 0.346 e. The standard InChI is InChI=1S/C8H3ClO3.C3H5NO/c9-4-1-2-5-6(3-4)8(11)12-7(5)10;1-2-3(4)5/h1-3H;2H,1H2,(H2,4,5). The summed E-state index contributed by atoms with van der Waals surface area (Å²) in [6.07, 6.45) is 1.06. The largest absolute Gasteiger partial charge is 0.386 e. The van der Waals surface area contributed by atoms with Crippen LogP contribution in [-0.2, 0) is 9.53 Å². The zero-order valence-corrected chi connectivity index (χ0v) is 9.36. The number of fused-ring (bicyclic) bond motifs is 1. The van der Waals surface area contributed by atoms with Crippen molar-refractivity contribution in [2.24, 2.45) is 5.73 Å². The Balaban J connectivity index is 0.000000249. The first-order valence-corrected chi connectivity index (χ1v) is 4.81. The molecule has 0 saturated carbocycles. The number of ether oxygens (including phenoxy) is 1. The molecular weight excluding hydrogens is 246 g/mol. The molecule has 0 atom stereocenters. The van der Waals surface area contributed by atoms with E-state index in [2.05, 4.69) is 17.0 Å². The lowest BCUT2D eigenvalue weighted by Crippen LogP contribution is -2.04. The molecule has 0 aromatic heterocycles. The predicted octanol–water partition coefficient (Wildman–Crippen LogP) is 1.31. The van der Waals surface area contributed by atoms with Crippen LogP contribution >= 0.6 is 11.6 Å². The summed E-state index contributed by atoms with van der Waals surface area (Å²) in [5.41, 5.74) is 5.06. The van der Waals surface area contributed by atoms with Crippen molar-refractivity contribution in [2.75, 3.05) is 0 Å². The molecule has 0 bridgehead atoms. The summed E-state index contributed by atoms with van der Waals surface area (Å²) >= 11 is 5.62. The molecule has 1 amide bonds. The number of hydrogen-bond donors (Lipinski definition) is 1. The highest BCUT2D eigenvalue weighted by atomic mass is 35.5. The van der Waals surface area contributed by atoms with Crippen LogP contribution in [0.25, 0.3) is 0 Å². The van der Waals surface area contributed by atoms with Crippen LogP contribution in [0.5, 0.6) is 0 Å². The van der Waals surface area contributed by atoms with E-state index in [4.69, 9.17) is 11.6 Å². The highest BCUT2D eigenvalue weighted by Gasteiger charge is 2.29. The van der Waals surface area contributed by atoms with Gasteiger partial charge < -0.3 is 10.5 Å². The van der Waals surface area contributed by atoms with Crippen molar-refractivity contribution in [1.82, 2.24) is 0 Å². The van der Waals surface area contributed by atoms with Gasteiger partial charge in [0.1, 0.15) is 0 Å². The van der Waals surface area contributed by atoms with Gasteiger partial charge in [-0.3, -0.25) is 4.79 Å². The fourth-order valence-corrected chi connectivity index (χ4v) is 1.23. The highest BCUT2D eigenvalue weighted by molar-refractivity contribution is 6.31. The van der Waals surface area contributed by atoms with E-state index in [1.165, 1.54) is 12.1 Å². The zero-order chi connectivity index (χ0) is 13.0. The molecule has 0 spiro atoms. The molecule has 88 valence electrons. The molecule has 1 aromatic carbocycles. The van der Waals surface area contributed by atoms with E-state index in [0.29, 0.717) is 5.02 Å². The fourth-order valence-electron chi connectivity index (χ4n) is 1.06. The molecule has 2 rings (SSSR count). The normalized spacial score (nSPS) is 12.1. The van der Waals surface area contributed by atoms with Crippen LogP contribution in [0.4, 0.5) is 0 Å². The average molecular weight is 254 g/mol. The van der Waals surface area contributed by atoms with Crippen molar-refractivity contribution < 1.29 is 19.1 Å². The summed E-state index contributed by atoms with van der Waals surface area (Å²) in [6, 6.07) is 4.44. The Kier molecular flexibility index (Phi) is 4.01. The van der Waals surface area contributed by atoms with Gasteiger partial charge in [0.25, 0.3) is 0 Å². The molecule has 2 N–H and O–H groups in total. The number of hydrogen-bond acceptors (Lipinski definition) is 4. The molecule has 0 unspecified atom stereocenters. The number of esters is 2. The number of rotatable bonds is 1. The average Bonchev–Trinajstić information content (AvgIpc) is 2.55. The lowest BCUT2D eigenvalue weighted by molar-refractivity contribution is -0.113. The Morgan fingerprint density at radius 3 is 2.35 bits per heavy atom. The van der Waals surface area contributed by atoms with Crippen molar-refractivity contribution in [1.29, 1.82) is 0 Å². The second kappa shape index (κ2) is 5.27. The monoisotopic (exact) mass is 253 g/mol. The van der Waals surface area contributed by atoms with Crippen molar-refractivity contribution in [3.63, 3.8) is 0 Å². The molecule has 0 saturated heterocycles. The van der Waals surface area contributed by atoms with Gasteiger partial charge in [-0.2, -0.15) is 0 Å². The molecule has 1 heterocycles. The highest BCUT2D eigenvalue weighted by Crippen LogP contribution is 2.22. The second-order valence-electron chi connectivity index (χ2n) is 2.97. The topological polar surface area (TPSA) is 86.5 Å². The van der Waals surface area contributed by atoms with Crippen LogP contribution in [-0.4, -0.2) is 17.8 Å². The third-order valence-electron chi connectivity index (χ3n) is 1.81. The van der Waals surface area contributed by atoms with Gasteiger partial charge in [0, 0.05) is 5.02 Å². The number of cyclic esters (lactones) is 2. The van der Waals surface area contributed by atoms with E-state index in [1.807, 2.05) is 0 Å². The summed E-state index contributed by atoms with van der Waals surface area (Å²) in [4.78, 5) is 31.3. The number of halogens is 1. The van der Waals surface area contributed by atoms with E-state index in [9.17, 15) is 14.4 Å². The number of carbonyl (C=O) groups is 3. The molecule has 6 heteroatoms. The van der Waals surface area contributed by atoms with Gasteiger partial charge in [-0.25, -0.2) is 9.59 Å². The molecule has 1 aromatic rings. The van der Waals surface area contributed by atoms with Crippen LogP contribution < -0.4 is 5.73 Å². The van der Waals surface area contributed by atoms with E-state index in [0.717, 1.165) is 6.08 Å². The maximum absolute atomic E-state index is 10.9. The van der Waals surface area contributed by atoms with E-state index in [-0.39, 0.29) is 11.1 Å². The molecular formula is C11H8ClNO4. The molecule has 0 radical (unpaired) electrons. The maximum Gasteiger partial charge on any atom is 0.346 e.